The van der Waals surface area contributed by atoms with Gasteiger partial charge in [0.2, 0.25) is 17.6 Å². The van der Waals surface area contributed by atoms with Crippen LogP contribution in [0.25, 0.3) is 0 Å². The van der Waals surface area contributed by atoms with E-state index in [2.05, 4.69) is 10.3 Å². The first-order valence-corrected chi connectivity index (χ1v) is 10.7. The van der Waals surface area contributed by atoms with Gasteiger partial charge in [0.25, 0.3) is 10.0 Å². The summed E-state index contributed by atoms with van der Waals surface area (Å²) in [5, 5.41) is 16.9. The number of nitrogens with one attached hydrogen (secondary N) is 1. The second-order valence-electron chi connectivity index (χ2n) is 7.59. The fourth-order valence-corrected chi connectivity index (χ4v) is 4.51. The second-order valence-corrected chi connectivity index (χ2v) is 9.10. The molecule has 3 atom stereocenters. The molecule has 1 aliphatic rings. The summed E-state index contributed by atoms with van der Waals surface area (Å²) in [7, 11) is -4.17. The Kier molecular flexibility index (Phi) is 5.98. The fourth-order valence-electron chi connectivity index (χ4n) is 4.01. The van der Waals surface area contributed by atoms with Crippen LogP contribution < -0.4 is 10.5 Å². The van der Waals surface area contributed by atoms with E-state index in [0.717, 1.165) is 24.4 Å². The Bertz CT molecular complexity index is 1130. The first-order valence-electron chi connectivity index (χ1n) is 9.14. The van der Waals surface area contributed by atoms with Crippen LogP contribution in [0.5, 0.6) is 5.75 Å². The number of rotatable bonds is 4. The molecule has 168 valence electrons. The number of alkyl halides is 2. The number of aromatic nitrogens is 1. The maximum Gasteiger partial charge on any atom is 0.255 e. The van der Waals surface area contributed by atoms with Crippen LogP contribution >= 0.6 is 0 Å². The van der Waals surface area contributed by atoms with Gasteiger partial charge in [-0.2, -0.15) is 4.39 Å². The summed E-state index contributed by atoms with van der Waals surface area (Å²) in [6, 6.07) is 4.01. The fraction of sp³-hybridized carbons (Fsp3) is 0.368. The maximum atomic E-state index is 14.3. The van der Waals surface area contributed by atoms with Crippen LogP contribution in [0.2, 0.25) is 0 Å². The van der Waals surface area contributed by atoms with Gasteiger partial charge in [-0.25, -0.2) is 31.7 Å². The van der Waals surface area contributed by atoms with E-state index >= 15 is 0 Å². The Balaban J connectivity index is 1.99. The molecule has 31 heavy (non-hydrogen) atoms. The van der Waals surface area contributed by atoms with Crippen molar-refractivity contribution in [1.82, 2.24) is 4.98 Å². The van der Waals surface area contributed by atoms with Crippen LogP contribution in [0, 0.1) is 23.5 Å². The summed E-state index contributed by atoms with van der Waals surface area (Å²) in [6.45, 7) is 1.42. The molecule has 1 amide bonds. The van der Waals surface area contributed by atoms with Crippen molar-refractivity contribution in [2.45, 2.75) is 36.6 Å². The van der Waals surface area contributed by atoms with E-state index in [0.29, 0.717) is 0 Å². The molecular formula is C19H19F4N3O4S. The summed E-state index contributed by atoms with van der Waals surface area (Å²) in [5.41, 5.74) is -0.221. The number of benzene rings is 1. The van der Waals surface area contributed by atoms with E-state index in [9.17, 15) is 35.9 Å². The normalized spacial score (nSPS) is 23.4. The Morgan fingerprint density at radius 3 is 2.58 bits per heavy atom. The van der Waals surface area contributed by atoms with Crippen molar-refractivity contribution in [2.24, 2.45) is 17.0 Å². The first-order chi connectivity index (χ1) is 14.3. The van der Waals surface area contributed by atoms with E-state index in [1.54, 1.807) is 0 Å². The van der Waals surface area contributed by atoms with Crippen molar-refractivity contribution in [3.8, 4) is 5.75 Å². The molecule has 0 radical (unpaired) electrons. The molecule has 0 saturated heterocycles. The quantitative estimate of drug-likeness (QED) is 0.604. The molecule has 1 aliphatic carbocycles. The monoisotopic (exact) mass is 461 g/mol. The van der Waals surface area contributed by atoms with Gasteiger partial charge in [0.15, 0.2) is 16.6 Å². The van der Waals surface area contributed by atoms with E-state index in [-0.39, 0.29) is 11.3 Å². The number of phenols is 1. The lowest BCUT2D eigenvalue weighted by Gasteiger charge is -2.40. The smallest absolute Gasteiger partial charge is 0.255 e. The van der Waals surface area contributed by atoms with Gasteiger partial charge in [-0.1, -0.05) is 13.0 Å². The molecule has 1 heterocycles. The van der Waals surface area contributed by atoms with Crippen LogP contribution in [0.1, 0.15) is 31.2 Å². The summed E-state index contributed by atoms with van der Waals surface area (Å²) >= 11 is 0. The maximum absolute atomic E-state index is 14.3. The zero-order valence-electron chi connectivity index (χ0n) is 16.1. The molecule has 12 heteroatoms. The van der Waals surface area contributed by atoms with Gasteiger partial charge in [-0.05, 0) is 18.1 Å². The van der Waals surface area contributed by atoms with Gasteiger partial charge in [-0.15, -0.1) is 0 Å². The van der Waals surface area contributed by atoms with Gasteiger partial charge in [-0.3, -0.25) is 4.79 Å². The van der Waals surface area contributed by atoms with Crippen molar-refractivity contribution in [3.63, 3.8) is 0 Å². The molecule has 0 bridgehead atoms. The molecule has 1 aromatic heterocycles. The number of hydrogen-bond acceptors (Lipinski definition) is 5. The lowest BCUT2D eigenvalue weighted by molar-refractivity contribution is -0.131. The van der Waals surface area contributed by atoms with Crippen LogP contribution in [-0.2, 0) is 14.8 Å². The largest absolute Gasteiger partial charge is 0.505 e. The molecule has 2 aromatic rings. The van der Waals surface area contributed by atoms with Gasteiger partial charge in [0.1, 0.15) is 0 Å². The summed E-state index contributed by atoms with van der Waals surface area (Å²) in [6.07, 6.45) is -0.462. The van der Waals surface area contributed by atoms with Crippen LogP contribution in [0.15, 0.2) is 35.5 Å². The number of anilines is 1. The topological polar surface area (TPSA) is 122 Å². The second kappa shape index (κ2) is 8.08. The van der Waals surface area contributed by atoms with Crippen LogP contribution in [-0.4, -0.2) is 30.3 Å². The molecule has 1 fully saturated rings. The average Bonchev–Trinajstić information content (AvgIpc) is 2.65. The summed E-state index contributed by atoms with van der Waals surface area (Å²) in [5.74, 6) is -11.4. The average molecular weight is 461 g/mol. The highest BCUT2D eigenvalue weighted by molar-refractivity contribution is 7.89. The number of sulfonamides is 1. The van der Waals surface area contributed by atoms with E-state index in [1.165, 1.54) is 13.0 Å². The van der Waals surface area contributed by atoms with Crippen LogP contribution in [0.4, 0.5) is 23.2 Å². The number of carbonyl (C=O) groups excluding carboxylic acids is 1. The molecule has 1 aromatic carbocycles. The molecular weight excluding hydrogens is 442 g/mol. The standard InChI is InChI=1S/C19H19F4N3O4S/c1-9-7-19(22,23)8-12(15(9)11-2-3-13(20)16(21)17(11)27)18(28)26-10-4-5-25-14(6-10)31(24,29)30/h2-6,9,12,15,27H,7-8H2,1H3,(H2,24,29,30)(H,25,26,28)/t9-,12?,15+/m1/s1. The third-order valence-corrected chi connectivity index (χ3v) is 6.08. The SMILES string of the molecule is C[C@@H]1CC(F)(F)CC(C(=O)Nc2ccnc(S(N)(=O)=O)c2)[C@@H]1c1ccc(F)c(F)c1O. The molecule has 0 spiro atoms. The molecule has 0 aliphatic heterocycles. The lowest BCUT2D eigenvalue weighted by Crippen LogP contribution is -2.42. The Morgan fingerprint density at radius 1 is 1.26 bits per heavy atom. The van der Waals surface area contributed by atoms with Crippen molar-refractivity contribution < 1.29 is 35.9 Å². The molecule has 3 rings (SSSR count). The minimum atomic E-state index is -4.17. The first kappa shape index (κ1) is 22.9. The van der Waals surface area contributed by atoms with E-state index in [4.69, 9.17) is 5.14 Å². The highest BCUT2D eigenvalue weighted by atomic mass is 32.2. The zero-order valence-corrected chi connectivity index (χ0v) is 17.0. The van der Waals surface area contributed by atoms with Gasteiger partial charge < -0.3 is 10.4 Å². The molecule has 1 saturated carbocycles. The number of amides is 1. The molecule has 7 nitrogen and oxygen atoms in total. The number of phenolic OH excluding ortho intramolecular Hbond substituents is 1. The molecule has 4 N–H and O–H groups in total. The number of aromatic hydroxyl groups is 1. The van der Waals surface area contributed by atoms with Crippen LogP contribution in [0.3, 0.4) is 0 Å². The highest BCUT2D eigenvalue weighted by Crippen LogP contribution is 2.50. The number of primary sulfonamides is 1. The Hall–Kier alpha value is -2.73. The van der Waals surface area contributed by atoms with Gasteiger partial charge in [0.05, 0.1) is 5.92 Å². The number of hydrogen-bond donors (Lipinski definition) is 3. The number of carbonyl (C=O) groups is 1. The van der Waals surface area contributed by atoms with Gasteiger partial charge in [0, 0.05) is 42.3 Å². The van der Waals surface area contributed by atoms with Crippen molar-refractivity contribution in [1.29, 1.82) is 0 Å². The summed E-state index contributed by atoms with van der Waals surface area (Å²) in [4.78, 5) is 16.5. The summed E-state index contributed by atoms with van der Waals surface area (Å²) < 4.78 is 78.8. The minimum absolute atomic E-state index is 0.0566. The minimum Gasteiger partial charge on any atom is -0.505 e. The zero-order chi connectivity index (χ0) is 23.1. The Morgan fingerprint density at radius 2 is 1.94 bits per heavy atom. The van der Waals surface area contributed by atoms with Gasteiger partial charge >= 0.3 is 0 Å². The highest BCUT2D eigenvalue weighted by Gasteiger charge is 2.49. The number of nitrogens with zero attached hydrogens (tertiary/aromatic N) is 1. The number of pyridine rings is 1. The number of halogens is 4. The van der Waals surface area contributed by atoms with E-state index in [1.807, 2.05) is 0 Å². The predicted molar refractivity (Wildman–Crippen MR) is 102 cm³/mol. The van der Waals surface area contributed by atoms with E-state index < -0.39 is 74.9 Å². The predicted octanol–water partition coefficient (Wildman–Crippen LogP) is 3.12. The lowest BCUT2D eigenvalue weighted by atomic mass is 9.67. The van der Waals surface area contributed by atoms with Crippen molar-refractivity contribution >= 4 is 21.6 Å². The Labute approximate surface area is 175 Å². The third kappa shape index (κ3) is 4.79. The molecule has 1 unspecified atom stereocenters. The number of nitrogens with two attached hydrogens (primary N) is 1. The third-order valence-electron chi connectivity index (χ3n) is 5.28. The van der Waals surface area contributed by atoms with Crippen molar-refractivity contribution in [3.05, 3.63) is 47.7 Å². The van der Waals surface area contributed by atoms with Crippen molar-refractivity contribution in [2.75, 3.05) is 5.32 Å².